The van der Waals surface area contributed by atoms with Crippen molar-refractivity contribution in [1.82, 2.24) is 9.78 Å². The normalized spacial score (nSPS) is 11.0. The smallest absolute Gasteiger partial charge is 0.339 e. The van der Waals surface area contributed by atoms with E-state index in [0.717, 1.165) is 10.9 Å². The molecule has 1 aromatic carbocycles. The number of carboxylic acid groups (broad SMARTS) is 1. The Kier molecular flexibility index (Phi) is 2.59. The van der Waals surface area contributed by atoms with Gasteiger partial charge in [-0.05, 0) is 19.1 Å². The van der Waals surface area contributed by atoms with Crippen molar-refractivity contribution < 1.29 is 14.3 Å². The summed E-state index contributed by atoms with van der Waals surface area (Å²) in [6.45, 7) is 2.07. The first-order valence-corrected chi connectivity index (χ1v) is 5.88. The number of aryl methyl sites for hydroxylation is 1. The summed E-state index contributed by atoms with van der Waals surface area (Å²) in [6.07, 6.45) is 1.78. The Morgan fingerprint density at radius 3 is 2.95 bits per heavy atom. The molecule has 5 nitrogen and oxygen atoms in total. The average molecular weight is 256 g/mol. The lowest BCUT2D eigenvalue weighted by atomic mass is 10.2. The number of benzene rings is 1. The number of hydrogen-bond acceptors (Lipinski definition) is 3. The SMILES string of the molecule is Cc1oc(Cn2ncc3ccccc32)cc1C(=O)O. The molecule has 0 saturated carbocycles. The van der Waals surface area contributed by atoms with Gasteiger partial charge in [0.25, 0.3) is 0 Å². The fraction of sp³-hybridized carbons (Fsp3) is 0.143. The third kappa shape index (κ3) is 1.99. The molecule has 2 heterocycles. The molecule has 0 aliphatic rings. The van der Waals surface area contributed by atoms with E-state index in [2.05, 4.69) is 5.10 Å². The van der Waals surface area contributed by atoms with Crippen LogP contribution in [0.3, 0.4) is 0 Å². The Morgan fingerprint density at radius 2 is 2.21 bits per heavy atom. The summed E-state index contributed by atoms with van der Waals surface area (Å²) in [5, 5.41) is 14.3. The van der Waals surface area contributed by atoms with Crippen molar-refractivity contribution >= 4 is 16.9 Å². The van der Waals surface area contributed by atoms with E-state index < -0.39 is 5.97 Å². The van der Waals surface area contributed by atoms with Gasteiger partial charge in [0.15, 0.2) is 0 Å². The summed E-state index contributed by atoms with van der Waals surface area (Å²) in [6, 6.07) is 9.39. The van der Waals surface area contributed by atoms with Crippen molar-refractivity contribution in [3.05, 3.63) is 53.6 Å². The van der Waals surface area contributed by atoms with Gasteiger partial charge in [-0.25, -0.2) is 4.79 Å². The van der Waals surface area contributed by atoms with E-state index in [0.29, 0.717) is 18.1 Å². The summed E-state index contributed by atoms with van der Waals surface area (Å²) in [5.74, 6) is 0.0283. The maximum atomic E-state index is 11.0. The van der Waals surface area contributed by atoms with Gasteiger partial charge in [0, 0.05) is 5.39 Å². The quantitative estimate of drug-likeness (QED) is 0.782. The number of nitrogens with zero attached hydrogens (tertiary/aromatic N) is 2. The third-order valence-electron chi connectivity index (χ3n) is 3.06. The highest BCUT2D eigenvalue weighted by Crippen LogP contribution is 2.18. The number of aromatic carboxylic acids is 1. The van der Waals surface area contributed by atoms with Crippen LogP contribution in [-0.2, 0) is 6.54 Å². The maximum absolute atomic E-state index is 11.0. The average Bonchev–Trinajstić information content (AvgIpc) is 2.95. The molecule has 0 unspecified atom stereocenters. The number of rotatable bonds is 3. The lowest BCUT2D eigenvalue weighted by molar-refractivity contribution is 0.0695. The van der Waals surface area contributed by atoms with E-state index in [-0.39, 0.29) is 5.56 Å². The van der Waals surface area contributed by atoms with Crippen molar-refractivity contribution in [3.8, 4) is 0 Å². The van der Waals surface area contributed by atoms with E-state index in [1.54, 1.807) is 23.9 Å². The van der Waals surface area contributed by atoms with E-state index in [4.69, 9.17) is 9.52 Å². The fourth-order valence-electron chi connectivity index (χ4n) is 2.13. The molecule has 0 aliphatic heterocycles. The van der Waals surface area contributed by atoms with Crippen molar-refractivity contribution in [2.24, 2.45) is 0 Å². The van der Waals surface area contributed by atoms with Crippen LogP contribution >= 0.6 is 0 Å². The fourth-order valence-corrected chi connectivity index (χ4v) is 2.13. The number of carbonyl (C=O) groups is 1. The molecule has 2 aromatic heterocycles. The largest absolute Gasteiger partial charge is 0.478 e. The second-order valence-electron chi connectivity index (χ2n) is 4.35. The topological polar surface area (TPSA) is 68.3 Å². The molecule has 0 bridgehead atoms. The van der Waals surface area contributed by atoms with E-state index in [1.165, 1.54) is 0 Å². The van der Waals surface area contributed by atoms with Crippen LogP contribution in [0.2, 0.25) is 0 Å². The second kappa shape index (κ2) is 4.28. The zero-order chi connectivity index (χ0) is 13.4. The van der Waals surface area contributed by atoms with Crippen molar-refractivity contribution in [3.63, 3.8) is 0 Å². The first kappa shape index (κ1) is 11.5. The molecule has 0 atom stereocenters. The first-order chi connectivity index (χ1) is 9.15. The molecule has 3 rings (SSSR count). The second-order valence-corrected chi connectivity index (χ2v) is 4.35. The maximum Gasteiger partial charge on any atom is 0.339 e. The summed E-state index contributed by atoms with van der Waals surface area (Å²) in [7, 11) is 0. The molecule has 0 amide bonds. The summed E-state index contributed by atoms with van der Waals surface area (Å²) < 4.78 is 7.25. The number of para-hydroxylation sites is 1. The minimum absolute atomic E-state index is 0.200. The Bertz CT molecular complexity index is 755. The van der Waals surface area contributed by atoms with E-state index >= 15 is 0 Å². The molecule has 0 spiro atoms. The number of carboxylic acids is 1. The highest BCUT2D eigenvalue weighted by Gasteiger charge is 2.14. The highest BCUT2D eigenvalue weighted by molar-refractivity contribution is 5.88. The molecule has 0 fully saturated rings. The van der Waals surface area contributed by atoms with Crippen molar-refractivity contribution in [2.75, 3.05) is 0 Å². The summed E-state index contributed by atoms with van der Waals surface area (Å²) in [4.78, 5) is 11.0. The van der Waals surface area contributed by atoms with Gasteiger partial charge in [0.05, 0.1) is 18.3 Å². The van der Waals surface area contributed by atoms with Crippen LogP contribution in [0.1, 0.15) is 21.9 Å². The van der Waals surface area contributed by atoms with Crippen LogP contribution in [0.15, 0.2) is 40.9 Å². The molecule has 3 aromatic rings. The van der Waals surface area contributed by atoms with Gasteiger partial charge >= 0.3 is 5.97 Å². The molecule has 0 saturated heterocycles. The summed E-state index contributed by atoms with van der Waals surface area (Å²) >= 11 is 0. The van der Waals surface area contributed by atoms with Crippen LogP contribution in [0.4, 0.5) is 0 Å². The van der Waals surface area contributed by atoms with E-state index in [1.807, 2.05) is 24.3 Å². The number of hydrogen-bond donors (Lipinski definition) is 1. The molecule has 5 heteroatoms. The minimum atomic E-state index is -0.974. The lowest BCUT2D eigenvalue weighted by Gasteiger charge is -2.00. The first-order valence-electron chi connectivity index (χ1n) is 5.88. The van der Waals surface area contributed by atoms with Crippen LogP contribution in [0.5, 0.6) is 0 Å². The molecule has 96 valence electrons. The van der Waals surface area contributed by atoms with Crippen molar-refractivity contribution in [1.29, 1.82) is 0 Å². The van der Waals surface area contributed by atoms with Crippen LogP contribution in [0, 0.1) is 6.92 Å². The number of fused-ring (bicyclic) bond motifs is 1. The van der Waals surface area contributed by atoms with E-state index in [9.17, 15) is 4.79 Å². The third-order valence-corrected chi connectivity index (χ3v) is 3.06. The van der Waals surface area contributed by atoms with Crippen LogP contribution < -0.4 is 0 Å². The van der Waals surface area contributed by atoms with Gasteiger partial charge in [-0.1, -0.05) is 18.2 Å². The monoisotopic (exact) mass is 256 g/mol. The standard InChI is InChI=1S/C14H12N2O3/c1-9-12(14(17)18)6-11(19-9)8-16-13-5-3-2-4-10(13)7-15-16/h2-7H,8H2,1H3,(H,17,18). The minimum Gasteiger partial charge on any atom is -0.478 e. The highest BCUT2D eigenvalue weighted by atomic mass is 16.4. The predicted molar refractivity (Wildman–Crippen MR) is 69.2 cm³/mol. The Labute approximate surface area is 109 Å². The van der Waals surface area contributed by atoms with Gasteiger partial charge in [-0.2, -0.15) is 5.10 Å². The molecular formula is C14H12N2O3. The van der Waals surface area contributed by atoms with Gasteiger partial charge in [-0.15, -0.1) is 0 Å². The predicted octanol–water partition coefficient (Wildman–Crippen LogP) is 2.68. The summed E-state index contributed by atoms with van der Waals surface area (Å²) in [5.41, 5.74) is 1.19. The van der Waals surface area contributed by atoms with Gasteiger partial charge in [0.1, 0.15) is 17.1 Å². The molecule has 1 N–H and O–H groups in total. The molecule has 0 radical (unpaired) electrons. The van der Waals surface area contributed by atoms with Gasteiger partial charge in [0.2, 0.25) is 0 Å². The Hall–Kier alpha value is -2.56. The molecular weight excluding hydrogens is 244 g/mol. The van der Waals surface area contributed by atoms with Crippen molar-refractivity contribution in [2.45, 2.75) is 13.5 Å². The Balaban J connectivity index is 1.97. The zero-order valence-electron chi connectivity index (χ0n) is 10.3. The zero-order valence-corrected chi connectivity index (χ0v) is 10.3. The van der Waals surface area contributed by atoms with Crippen LogP contribution in [-0.4, -0.2) is 20.9 Å². The van der Waals surface area contributed by atoms with Crippen LogP contribution in [0.25, 0.3) is 10.9 Å². The number of aromatic nitrogens is 2. The molecule has 19 heavy (non-hydrogen) atoms. The van der Waals surface area contributed by atoms with Gasteiger partial charge in [-0.3, -0.25) is 4.68 Å². The number of furan rings is 1. The Morgan fingerprint density at radius 1 is 1.42 bits per heavy atom. The molecule has 0 aliphatic carbocycles. The van der Waals surface area contributed by atoms with Gasteiger partial charge < -0.3 is 9.52 Å². The lowest BCUT2D eigenvalue weighted by Crippen LogP contribution is -2.00.